The van der Waals surface area contributed by atoms with Crippen LogP contribution in [0.15, 0.2) is 192 Å². The fourth-order valence-corrected chi connectivity index (χ4v) is 7.39. The number of hydrogen-bond donors (Lipinski definition) is 0. The summed E-state index contributed by atoms with van der Waals surface area (Å²) >= 11 is 0. The summed E-state index contributed by atoms with van der Waals surface area (Å²) in [6.07, 6.45) is 0. The second-order valence-corrected chi connectivity index (χ2v) is 13.2. The summed E-state index contributed by atoms with van der Waals surface area (Å²) in [7, 11) is 0. The van der Waals surface area contributed by atoms with Crippen molar-refractivity contribution in [3.05, 3.63) is 188 Å². The molecule has 0 saturated carbocycles. The van der Waals surface area contributed by atoms with Crippen LogP contribution in [-0.4, -0.2) is 15.0 Å². The standard InChI is InChI=1S/C49H31N3O/c1-3-13-32(14-4-1)36-17-11-18-37(31-36)33-25-27-35(28-26-33)48-50-47(34-15-5-2-6-16-34)51-49(52-48)42-30-29-40(38-19-7-8-20-39(38)42)41-22-12-24-45-46(41)43-21-9-10-23-44(43)53-45/h1-31H. The molecular formula is C49H31N3O. The predicted octanol–water partition coefficient (Wildman–Crippen LogP) is 12.9. The number of aromatic nitrogens is 3. The Hall–Kier alpha value is -7.17. The van der Waals surface area contributed by atoms with Gasteiger partial charge in [-0.1, -0.05) is 164 Å². The van der Waals surface area contributed by atoms with Crippen molar-refractivity contribution in [1.29, 1.82) is 0 Å². The van der Waals surface area contributed by atoms with Crippen molar-refractivity contribution >= 4 is 32.7 Å². The highest BCUT2D eigenvalue weighted by molar-refractivity contribution is 6.16. The summed E-state index contributed by atoms with van der Waals surface area (Å²) in [6, 6.07) is 65.2. The molecule has 248 valence electrons. The molecule has 0 aliphatic heterocycles. The summed E-state index contributed by atoms with van der Waals surface area (Å²) < 4.78 is 6.26. The molecule has 0 amide bonds. The van der Waals surface area contributed by atoms with E-state index in [2.05, 4.69) is 133 Å². The number of hydrogen-bond acceptors (Lipinski definition) is 4. The zero-order valence-corrected chi connectivity index (χ0v) is 28.6. The van der Waals surface area contributed by atoms with Crippen LogP contribution in [0.5, 0.6) is 0 Å². The second kappa shape index (κ2) is 12.9. The zero-order chi connectivity index (χ0) is 35.1. The lowest BCUT2D eigenvalue weighted by Gasteiger charge is -2.14. The highest BCUT2D eigenvalue weighted by Crippen LogP contribution is 2.41. The van der Waals surface area contributed by atoms with Crippen molar-refractivity contribution in [3.63, 3.8) is 0 Å². The van der Waals surface area contributed by atoms with Gasteiger partial charge in [-0.25, -0.2) is 15.0 Å². The lowest BCUT2D eigenvalue weighted by molar-refractivity contribution is 0.669. The van der Waals surface area contributed by atoms with Crippen molar-refractivity contribution in [2.24, 2.45) is 0 Å². The van der Waals surface area contributed by atoms with E-state index in [0.29, 0.717) is 17.5 Å². The third-order valence-electron chi connectivity index (χ3n) is 9.97. The van der Waals surface area contributed by atoms with E-state index in [1.807, 2.05) is 54.6 Å². The van der Waals surface area contributed by atoms with Gasteiger partial charge in [-0.05, 0) is 68.4 Å². The number of nitrogens with zero attached hydrogens (tertiary/aromatic N) is 3. The Bertz CT molecular complexity index is 2930. The minimum absolute atomic E-state index is 0.626. The second-order valence-electron chi connectivity index (χ2n) is 13.2. The van der Waals surface area contributed by atoms with Crippen LogP contribution in [0.4, 0.5) is 0 Å². The molecule has 0 N–H and O–H groups in total. The first-order chi connectivity index (χ1) is 26.3. The average Bonchev–Trinajstić information content (AvgIpc) is 3.63. The Morgan fingerprint density at radius 1 is 0.283 bits per heavy atom. The molecule has 2 heterocycles. The number of benzene rings is 8. The maximum atomic E-state index is 6.26. The monoisotopic (exact) mass is 677 g/mol. The van der Waals surface area contributed by atoms with Crippen LogP contribution in [0.25, 0.3) is 100 Å². The van der Waals surface area contributed by atoms with E-state index in [4.69, 9.17) is 19.4 Å². The summed E-state index contributed by atoms with van der Waals surface area (Å²) in [5.74, 6) is 1.89. The van der Waals surface area contributed by atoms with E-state index in [-0.39, 0.29) is 0 Å². The SMILES string of the molecule is c1ccc(-c2cccc(-c3ccc(-c4nc(-c5ccccc5)nc(-c5ccc(-c6cccc7oc8ccccc8c67)c6ccccc56)n4)cc3)c2)cc1. The molecule has 0 bridgehead atoms. The first kappa shape index (κ1) is 30.6. The molecule has 4 nitrogen and oxygen atoms in total. The van der Waals surface area contributed by atoms with E-state index in [1.165, 1.54) is 11.1 Å². The molecule has 0 spiro atoms. The molecule has 2 aromatic heterocycles. The molecule has 0 fully saturated rings. The van der Waals surface area contributed by atoms with Gasteiger partial charge in [0.2, 0.25) is 0 Å². The largest absolute Gasteiger partial charge is 0.456 e. The minimum Gasteiger partial charge on any atom is -0.456 e. The summed E-state index contributed by atoms with van der Waals surface area (Å²) in [4.78, 5) is 15.3. The van der Waals surface area contributed by atoms with Gasteiger partial charge < -0.3 is 4.42 Å². The Kier molecular flexibility index (Phi) is 7.43. The normalized spacial score (nSPS) is 11.4. The number of rotatable bonds is 6. The van der Waals surface area contributed by atoms with Gasteiger partial charge in [-0.3, -0.25) is 0 Å². The van der Waals surface area contributed by atoms with Crippen molar-refractivity contribution in [2.45, 2.75) is 0 Å². The van der Waals surface area contributed by atoms with Crippen LogP contribution >= 0.6 is 0 Å². The van der Waals surface area contributed by atoms with E-state index < -0.39 is 0 Å². The van der Waals surface area contributed by atoms with Crippen LogP contribution < -0.4 is 0 Å². The average molecular weight is 678 g/mol. The van der Waals surface area contributed by atoms with E-state index >= 15 is 0 Å². The number of furan rings is 1. The van der Waals surface area contributed by atoms with Crippen LogP contribution in [0.1, 0.15) is 0 Å². The van der Waals surface area contributed by atoms with Crippen molar-refractivity contribution in [2.75, 3.05) is 0 Å². The highest BCUT2D eigenvalue weighted by atomic mass is 16.3. The molecular weight excluding hydrogens is 647 g/mol. The topological polar surface area (TPSA) is 51.8 Å². The van der Waals surface area contributed by atoms with Crippen LogP contribution in [-0.2, 0) is 0 Å². The molecule has 0 aliphatic rings. The number of para-hydroxylation sites is 1. The summed E-state index contributed by atoms with van der Waals surface area (Å²) in [6.45, 7) is 0. The third-order valence-corrected chi connectivity index (χ3v) is 9.97. The highest BCUT2D eigenvalue weighted by Gasteiger charge is 2.18. The van der Waals surface area contributed by atoms with Gasteiger partial charge in [0.25, 0.3) is 0 Å². The van der Waals surface area contributed by atoms with Gasteiger partial charge in [0.15, 0.2) is 17.5 Å². The van der Waals surface area contributed by atoms with Gasteiger partial charge >= 0.3 is 0 Å². The quantitative estimate of drug-likeness (QED) is 0.176. The maximum absolute atomic E-state index is 6.26. The van der Waals surface area contributed by atoms with Gasteiger partial charge in [0.1, 0.15) is 11.2 Å². The Labute approximate surface area is 306 Å². The fraction of sp³-hybridized carbons (Fsp3) is 0. The predicted molar refractivity (Wildman–Crippen MR) is 217 cm³/mol. The smallest absolute Gasteiger partial charge is 0.164 e. The molecule has 0 aliphatic carbocycles. The van der Waals surface area contributed by atoms with Crippen molar-refractivity contribution < 1.29 is 4.42 Å². The lowest BCUT2D eigenvalue weighted by Crippen LogP contribution is -2.00. The molecule has 0 unspecified atom stereocenters. The molecule has 10 rings (SSSR count). The van der Waals surface area contributed by atoms with Gasteiger partial charge in [-0.15, -0.1) is 0 Å². The summed E-state index contributed by atoms with van der Waals surface area (Å²) in [5, 5.41) is 4.41. The molecule has 0 saturated heterocycles. The first-order valence-electron chi connectivity index (χ1n) is 17.8. The van der Waals surface area contributed by atoms with Crippen molar-refractivity contribution in [1.82, 2.24) is 15.0 Å². The molecule has 10 aromatic rings. The molecule has 0 radical (unpaired) electrons. The first-order valence-corrected chi connectivity index (χ1v) is 17.8. The Morgan fingerprint density at radius 2 is 0.755 bits per heavy atom. The molecule has 53 heavy (non-hydrogen) atoms. The van der Waals surface area contributed by atoms with E-state index in [1.54, 1.807) is 0 Å². The van der Waals surface area contributed by atoms with Gasteiger partial charge in [-0.2, -0.15) is 0 Å². The molecule has 0 atom stereocenters. The maximum Gasteiger partial charge on any atom is 0.164 e. The van der Waals surface area contributed by atoms with E-state index in [9.17, 15) is 0 Å². The fourth-order valence-electron chi connectivity index (χ4n) is 7.39. The van der Waals surface area contributed by atoms with Crippen molar-refractivity contribution in [3.8, 4) is 67.5 Å². The van der Waals surface area contributed by atoms with E-state index in [0.717, 1.165) is 71.7 Å². The third kappa shape index (κ3) is 5.54. The zero-order valence-electron chi connectivity index (χ0n) is 28.6. The van der Waals surface area contributed by atoms with Crippen LogP contribution in [0.2, 0.25) is 0 Å². The Morgan fingerprint density at radius 3 is 1.47 bits per heavy atom. The lowest BCUT2D eigenvalue weighted by atomic mass is 9.92. The van der Waals surface area contributed by atoms with Gasteiger partial charge in [0.05, 0.1) is 0 Å². The summed E-state index contributed by atoms with van der Waals surface area (Å²) in [5.41, 5.74) is 11.5. The minimum atomic E-state index is 0.626. The van der Waals surface area contributed by atoms with Gasteiger partial charge in [0, 0.05) is 27.5 Å². The molecule has 8 aromatic carbocycles. The van der Waals surface area contributed by atoms with Crippen LogP contribution in [0, 0.1) is 0 Å². The van der Waals surface area contributed by atoms with Crippen LogP contribution in [0.3, 0.4) is 0 Å². The Balaban J connectivity index is 1.10. The number of fused-ring (bicyclic) bond motifs is 4. The molecule has 4 heteroatoms.